The molecule has 1 heterocycles. The third-order valence-corrected chi connectivity index (χ3v) is 4.24. The molecule has 0 radical (unpaired) electrons. The summed E-state index contributed by atoms with van der Waals surface area (Å²) in [4.78, 5) is 14.3. The van der Waals surface area contributed by atoms with Crippen molar-refractivity contribution < 1.29 is 4.79 Å². The van der Waals surface area contributed by atoms with Crippen LogP contribution in [0.3, 0.4) is 0 Å². The van der Waals surface area contributed by atoms with Gasteiger partial charge in [0.15, 0.2) is 0 Å². The number of piperidine rings is 1. The van der Waals surface area contributed by atoms with E-state index in [4.69, 9.17) is 0 Å². The second-order valence-electron chi connectivity index (χ2n) is 5.88. The lowest BCUT2D eigenvalue weighted by atomic mass is 10.1. The standard InChI is InChI=1S/C14H27N3O/c1-17-10-8-13(9-11-17)16-14(18)15-12-6-4-2-3-5-7-12/h12-13H,2-11H2,1H3,(H2,15,16,18). The Labute approximate surface area is 110 Å². The van der Waals surface area contributed by atoms with Crippen molar-refractivity contribution in [2.24, 2.45) is 0 Å². The van der Waals surface area contributed by atoms with E-state index >= 15 is 0 Å². The fourth-order valence-electron chi connectivity index (χ4n) is 2.99. The number of carbonyl (C=O) groups is 1. The molecule has 0 atom stereocenters. The van der Waals surface area contributed by atoms with Gasteiger partial charge in [-0.2, -0.15) is 0 Å². The molecule has 0 aromatic heterocycles. The van der Waals surface area contributed by atoms with Crippen molar-refractivity contribution in [2.75, 3.05) is 20.1 Å². The third kappa shape index (κ3) is 4.48. The van der Waals surface area contributed by atoms with Crippen molar-refractivity contribution in [1.29, 1.82) is 0 Å². The maximum atomic E-state index is 11.9. The van der Waals surface area contributed by atoms with Gasteiger partial charge in [-0.05, 0) is 45.8 Å². The lowest BCUT2D eigenvalue weighted by Gasteiger charge is -2.30. The highest BCUT2D eigenvalue weighted by Gasteiger charge is 2.20. The lowest BCUT2D eigenvalue weighted by molar-refractivity contribution is 0.210. The van der Waals surface area contributed by atoms with Gasteiger partial charge in [0.2, 0.25) is 0 Å². The maximum Gasteiger partial charge on any atom is 0.315 e. The molecule has 0 aromatic carbocycles. The minimum absolute atomic E-state index is 0.0523. The van der Waals surface area contributed by atoms with Crippen LogP contribution in [0.25, 0.3) is 0 Å². The average molecular weight is 253 g/mol. The summed E-state index contributed by atoms with van der Waals surface area (Å²) in [5.41, 5.74) is 0. The number of nitrogens with one attached hydrogen (secondary N) is 2. The predicted octanol–water partition coefficient (Wildman–Crippen LogP) is 2.10. The Morgan fingerprint density at radius 3 is 1.94 bits per heavy atom. The quantitative estimate of drug-likeness (QED) is 0.740. The van der Waals surface area contributed by atoms with Crippen LogP contribution in [0.1, 0.15) is 51.4 Å². The van der Waals surface area contributed by atoms with Gasteiger partial charge in [-0.25, -0.2) is 4.79 Å². The van der Waals surface area contributed by atoms with Crippen molar-refractivity contribution in [3.63, 3.8) is 0 Å². The second kappa shape index (κ2) is 6.98. The number of hydrogen-bond donors (Lipinski definition) is 2. The fraction of sp³-hybridized carbons (Fsp3) is 0.929. The first-order chi connectivity index (χ1) is 8.74. The van der Waals surface area contributed by atoms with E-state index < -0.39 is 0 Å². The highest BCUT2D eigenvalue weighted by Crippen LogP contribution is 2.17. The van der Waals surface area contributed by atoms with Gasteiger partial charge >= 0.3 is 6.03 Å². The molecule has 0 aromatic rings. The van der Waals surface area contributed by atoms with Gasteiger partial charge in [-0.1, -0.05) is 25.7 Å². The molecule has 2 aliphatic rings. The number of rotatable bonds is 2. The van der Waals surface area contributed by atoms with Crippen molar-refractivity contribution in [2.45, 2.75) is 63.5 Å². The Morgan fingerprint density at radius 2 is 1.39 bits per heavy atom. The van der Waals surface area contributed by atoms with Gasteiger partial charge in [0.25, 0.3) is 0 Å². The van der Waals surface area contributed by atoms with E-state index in [1.165, 1.54) is 25.7 Å². The van der Waals surface area contributed by atoms with Crippen LogP contribution in [-0.2, 0) is 0 Å². The van der Waals surface area contributed by atoms with Gasteiger partial charge in [-0.3, -0.25) is 0 Å². The van der Waals surface area contributed by atoms with Crippen molar-refractivity contribution in [3.8, 4) is 0 Å². The zero-order valence-corrected chi connectivity index (χ0v) is 11.6. The van der Waals surface area contributed by atoms with Crippen LogP contribution in [0, 0.1) is 0 Å². The minimum atomic E-state index is 0.0523. The summed E-state index contributed by atoms with van der Waals surface area (Å²) in [5.74, 6) is 0. The Kier molecular flexibility index (Phi) is 5.29. The topological polar surface area (TPSA) is 44.4 Å². The molecule has 2 amide bonds. The normalized spacial score (nSPS) is 24.5. The maximum absolute atomic E-state index is 11.9. The summed E-state index contributed by atoms with van der Waals surface area (Å²) < 4.78 is 0. The molecule has 2 rings (SSSR count). The van der Waals surface area contributed by atoms with Crippen molar-refractivity contribution in [3.05, 3.63) is 0 Å². The van der Waals surface area contributed by atoms with Gasteiger partial charge < -0.3 is 15.5 Å². The molecule has 2 fully saturated rings. The number of likely N-dealkylation sites (tertiary alicyclic amines) is 1. The molecule has 0 bridgehead atoms. The molecular weight excluding hydrogens is 226 g/mol. The van der Waals surface area contributed by atoms with Crippen LogP contribution in [0.5, 0.6) is 0 Å². The summed E-state index contributed by atoms with van der Waals surface area (Å²) in [6, 6.07) is 0.821. The molecular formula is C14H27N3O. The van der Waals surface area contributed by atoms with Crippen LogP contribution >= 0.6 is 0 Å². The van der Waals surface area contributed by atoms with E-state index in [2.05, 4.69) is 22.6 Å². The largest absolute Gasteiger partial charge is 0.335 e. The predicted molar refractivity (Wildman–Crippen MR) is 73.7 cm³/mol. The minimum Gasteiger partial charge on any atom is -0.335 e. The summed E-state index contributed by atoms with van der Waals surface area (Å²) in [5, 5.41) is 6.28. The Balaban J connectivity index is 1.67. The Hall–Kier alpha value is -0.770. The van der Waals surface area contributed by atoms with E-state index in [1.807, 2.05) is 0 Å². The third-order valence-electron chi connectivity index (χ3n) is 4.24. The van der Waals surface area contributed by atoms with Crippen LogP contribution in [0.2, 0.25) is 0 Å². The number of nitrogens with zero attached hydrogens (tertiary/aromatic N) is 1. The zero-order valence-electron chi connectivity index (χ0n) is 11.6. The highest BCUT2D eigenvalue weighted by molar-refractivity contribution is 5.74. The van der Waals surface area contributed by atoms with E-state index in [0.717, 1.165) is 38.8 Å². The Morgan fingerprint density at radius 1 is 0.889 bits per heavy atom. The summed E-state index contributed by atoms with van der Waals surface area (Å²) >= 11 is 0. The number of hydrogen-bond acceptors (Lipinski definition) is 2. The lowest BCUT2D eigenvalue weighted by Crippen LogP contribution is -2.49. The van der Waals surface area contributed by atoms with Crippen LogP contribution in [0.4, 0.5) is 4.79 Å². The highest BCUT2D eigenvalue weighted by atomic mass is 16.2. The molecule has 1 aliphatic heterocycles. The molecule has 104 valence electrons. The molecule has 4 heteroatoms. The number of amides is 2. The fourth-order valence-corrected chi connectivity index (χ4v) is 2.99. The molecule has 1 saturated carbocycles. The number of carbonyl (C=O) groups excluding carboxylic acids is 1. The molecule has 1 aliphatic carbocycles. The van der Waals surface area contributed by atoms with Crippen molar-refractivity contribution in [1.82, 2.24) is 15.5 Å². The first kappa shape index (κ1) is 13.7. The summed E-state index contributed by atoms with van der Waals surface area (Å²) in [7, 11) is 2.14. The van der Waals surface area contributed by atoms with E-state index in [9.17, 15) is 4.79 Å². The monoisotopic (exact) mass is 253 g/mol. The van der Waals surface area contributed by atoms with Gasteiger partial charge in [0.05, 0.1) is 0 Å². The van der Waals surface area contributed by atoms with E-state index in [1.54, 1.807) is 0 Å². The van der Waals surface area contributed by atoms with Gasteiger partial charge in [0.1, 0.15) is 0 Å². The smallest absolute Gasteiger partial charge is 0.315 e. The van der Waals surface area contributed by atoms with Crippen molar-refractivity contribution >= 4 is 6.03 Å². The average Bonchev–Trinajstić information content (AvgIpc) is 2.61. The van der Waals surface area contributed by atoms with E-state index in [-0.39, 0.29) is 6.03 Å². The van der Waals surface area contributed by atoms with Crippen LogP contribution in [-0.4, -0.2) is 43.2 Å². The summed E-state index contributed by atoms with van der Waals surface area (Å²) in [6.07, 6.45) is 9.65. The molecule has 4 nitrogen and oxygen atoms in total. The molecule has 2 N–H and O–H groups in total. The molecule has 18 heavy (non-hydrogen) atoms. The molecule has 0 spiro atoms. The first-order valence-electron chi connectivity index (χ1n) is 7.49. The molecule has 1 saturated heterocycles. The second-order valence-corrected chi connectivity index (χ2v) is 5.88. The molecule has 0 unspecified atom stereocenters. The summed E-state index contributed by atoms with van der Waals surface area (Å²) in [6.45, 7) is 2.18. The van der Waals surface area contributed by atoms with Crippen LogP contribution < -0.4 is 10.6 Å². The van der Waals surface area contributed by atoms with Gasteiger partial charge in [0, 0.05) is 12.1 Å². The first-order valence-corrected chi connectivity index (χ1v) is 7.49. The van der Waals surface area contributed by atoms with Gasteiger partial charge in [-0.15, -0.1) is 0 Å². The number of urea groups is 1. The Bertz CT molecular complexity index is 254. The van der Waals surface area contributed by atoms with Crippen LogP contribution in [0.15, 0.2) is 0 Å². The van der Waals surface area contributed by atoms with E-state index in [0.29, 0.717) is 12.1 Å². The SMILES string of the molecule is CN1CCC(NC(=O)NC2CCCCCC2)CC1. The zero-order chi connectivity index (χ0) is 12.8.